The van der Waals surface area contributed by atoms with Gasteiger partial charge in [0.15, 0.2) is 0 Å². The van der Waals surface area contributed by atoms with Crippen LogP contribution in [0.2, 0.25) is 0 Å². The first-order valence-electron chi connectivity index (χ1n) is 6.87. The predicted molar refractivity (Wildman–Crippen MR) is 74.2 cm³/mol. The molecule has 1 aliphatic heterocycles. The first-order chi connectivity index (χ1) is 9.11. The van der Waals surface area contributed by atoms with E-state index in [1.807, 2.05) is 0 Å². The second-order valence-electron chi connectivity index (χ2n) is 5.54. The fraction of sp³-hybridized carbons (Fsp3) is 0.562. The van der Waals surface area contributed by atoms with Crippen molar-refractivity contribution >= 4 is 5.97 Å². The third kappa shape index (κ3) is 3.35. The van der Waals surface area contributed by atoms with Crippen molar-refractivity contribution in [2.45, 2.75) is 32.1 Å². The molecule has 2 rings (SSSR count). The highest BCUT2D eigenvalue weighted by Gasteiger charge is 2.29. The maximum absolute atomic E-state index is 11.9. The number of rotatable bonds is 5. The minimum Gasteiger partial charge on any atom is -0.469 e. The summed E-state index contributed by atoms with van der Waals surface area (Å²) in [7, 11) is 1.45. The van der Waals surface area contributed by atoms with Crippen LogP contribution in [0.1, 0.15) is 43.2 Å². The van der Waals surface area contributed by atoms with Gasteiger partial charge in [-0.15, -0.1) is 0 Å². The average Bonchev–Trinajstić information content (AvgIpc) is 2.37. The Morgan fingerprint density at radius 3 is 2.26 bits per heavy atom. The van der Waals surface area contributed by atoms with Crippen LogP contribution in [0.15, 0.2) is 24.3 Å². The first kappa shape index (κ1) is 14.1. The highest BCUT2D eigenvalue weighted by molar-refractivity contribution is 5.78. The van der Waals surface area contributed by atoms with E-state index in [0.29, 0.717) is 11.8 Å². The molecule has 1 aliphatic rings. The lowest BCUT2D eigenvalue weighted by atomic mass is 9.87. The SMILES string of the molecule is COC(=O)C(CC1COC1)c1ccc(C(C)C)cc1. The van der Waals surface area contributed by atoms with E-state index >= 15 is 0 Å². The molecular weight excluding hydrogens is 240 g/mol. The Hall–Kier alpha value is -1.35. The lowest BCUT2D eigenvalue weighted by Gasteiger charge is -2.29. The molecule has 0 saturated carbocycles. The van der Waals surface area contributed by atoms with Crippen molar-refractivity contribution in [3.05, 3.63) is 35.4 Å². The Balaban J connectivity index is 2.14. The molecule has 0 radical (unpaired) electrons. The normalized spacial score (nSPS) is 17.1. The number of hydrogen-bond acceptors (Lipinski definition) is 3. The Morgan fingerprint density at radius 1 is 1.26 bits per heavy atom. The summed E-state index contributed by atoms with van der Waals surface area (Å²) < 4.78 is 10.1. The zero-order valence-corrected chi connectivity index (χ0v) is 11.9. The second-order valence-corrected chi connectivity index (χ2v) is 5.54. The summed E-state index contributed by atoms with van der Waals surface area (Å²) in [6, 6.07) is 8.31. The van der Waals surface area contributed by atoms with Crippen molar-refractivity contribution < 1.29 is 14.3 Å². The molecule has 0 bridgehead atoms. The molecule has 0 N–H and O–H groups in total. The van der Waals surface area contributed by atoms with Gasteiger partial charge < -0.3 is 9.47 Å². The Labute approximate surface area is 114 Å². The van der Waals surface area contributed by atoms with Crippen LogP contribution in [-0.2, 0) is 14.3 Å². The van der Waals surface area contributed by atoms with Gasteiger partial charge in [-0.25, -0.2) is 0 Å². The molecule has 3 nitrogen and oxygen atoms in total. The molecule has 3 heteroatoms. The van der Waals surface area contributed by atoms with Gasteiger partial charge >= 0.3 is 5.97 Å². The molecule has 1 aromatic rings. The Morgan fingerprint density at radius 2 is 1.84 bits per heavy atom. The van der Waals surface area contributed by atoms with Crippen LogP contribution in [0, 0.1) is 5.92 Å². The number of esters is 1. The largest absolute Gasteiger partial charge is 0.469 e. The molecular formula is C16H22O3. The molecule has 1 heterocycles. The van der Waals surface area contributed by atoms with E-state index in [1.54, 1.807) is 0 Å². The molecule has 0 spiro atoms. The number of ether oxygens (including phenoxy) is 2. The van der Waals surface area contributed by atoms with Gasteiger partial charge in [0.1, 0.15) is 0 Å². The van der Waals surface area contributed by atoms with Gasteiger partial charge in [-0.1, -0.05) is 38.1 Å². The molecule has 19 heavy (non-hydrogen) atoms. The fourth-order valence-electron chi connectivity index (χ4n) is 2.38. The van der Waals surface area contributed by atoms with Crippen LogP contribution in [0.4, 0.5) is 0 Å². The Bertz CT molecular complexity index is 418. The van der Waals surface area contributed by atoms with Crippen molar-refractivity contribution in [3.63, 3.8) is 0 Å². The van der Waals surface area contributed by atoms with Crippen LogP contribution in [0.5, 0.6) is 0 Å². The third-order valence-corrected chi connectivity index (χ3v) is 3.77. The summed E-state index contributed by atoms with van der Waals surface area (Å²) in [5, 5.41) is 0. The van der Waals surface area contributed by atoms with E-state index < -0.39 is 0 Å². The predicted octanol–water partition coefficient (Wildman–Crippen LogP) is 3.10. The monoisotopic (exact) mass is 262 g/mol. The zero-order chi connectivity index (χ0) is 13.8. The molecule has 104 valence electrons. The third-order valence-electron chi connectivity index (χ3n) is 3.77. The van der Waals surface area contributed by atoms with Gasteiger partial charge in [-0.05, 0) is 23.5 Å². The van der Waals surface area contributed by atoms with Gasteiger partial charge in [-0.3, -0.25) is 4.79 Å². The van der Waals surface area contributed by atoms with E-state index in [0.717, 1.165) is 25.2 Å². The second kappa shape index (κ2) is 6.20. The fourth-order valence-corrected chi connectivity index (χ4v) is 2.38. The zero-order valence-electron chi connectivity index (χ0n) is 11.9. The van der Waals surface area contributed by atoms with Crippen molar-refractivity contribution in [1.82, 2.24) is 0 Å². The van der Waals surface area contributed by atoms with Crippen molar-refractivity contribution in [2.75, 3.05) is 20.3 Å². The van der Waals surface area contributed by atoms with Crippen LogP contribution in [0.25, 0.3) is 0 Å². The van der Waals surface area contributed by atoms with E-state index in [-0.39, 0.29) is 11.9 Å². The summed E-state index contributed by atoms with van der Waals surface area (Å²) in [5.74, 6) is 0.670. The van der Waals surface area contributed by atoms with Gasteiger partial charge in [0.25, 0.3) is 0 Å². The lowest BCUT2D eigenvalue weighted by Crippen LogP contribution is -2.31. The summed E-state index contributed by atoms with van der Waals surface area (Å²) in [6.07, 6.45) is 0.813. The molecule has 0 aliphatic carbocycles. The van der Waals surface area contributed by atoms with Crippen LogP contribution >= 0.6 is 0 Å². The van der Waals surface area contributed by atoms with Crippen LogP contribution in [0.3, 0.4) is 0 Å². The quantitative estimate of drug-likeness (QED) is 0.765. The highest BCUT2D eigenvalue weighted by atomic mass is 16.5. The number of benzene rings is 1. The summed E-state index contributed by atoms with van der Waals surface area (Å²) >= 11 is 0. The summed E-state index contributed by atoms with van der Waals surface area (Å²) in [4.78, 5) is 11.9. The number of carbonyl (C=O) groups is 1. The lowest BCUT2D eigenvalue weighted by molar-refractivity contribution is -0.144. The maximum Gasteiger partial charge on any atom is 0.313 e. The molecule has 1 atom stereocenters. The van der Waals surface area contributed by atoms with Crippen molar-refractivity contribution in [2.24, 2.45) is 5.92 Å². The van der Waals surface area contributed by atoms with Gasteiger partial charge in [0.2, 0.25) is 0 Å². The molecule has 0 aromatic heterocycles. The van der Waals surface area contributed by atoms with Crippen LogP contribution < -0.4 is 0 Å². The van der Waals surface area contributed by atoms with E-state index in [2.05, 4.69) is 38.1 Å². The number of methoxy groups -OCH3 is 1. The molecule has 1 fully saturated rings. The standard InChI is InChI=1S/C16H22O3/c1-11(2)13-4-6-14(7-5-13)15(16(17)18-3)8-12-9-19-10-12/h4-7,11-12,15H,8-10H2,1-3H3. The van der Waals surface area contributed by atoms with Gasteiger partial charge in [0.05, 0.1) is 26.2 Å². The van der Waals surface area contributed by atoms with Crippen molar-refractivity contribution in [1.29, 1.82) is 0 Å². The van der Waals surface area contributed by atoms with E-state index in [1.165, 1.54) is 12.7 Å². The van der Waals surface area contributed by atoms with Crippen LogP contribution in [-0.4, -0.2) is 26.3 Å². The van der Waals surface area contributed by atoms with E-state index in [4.69, 9.17) is 9.47 Å². The minimum atomic E-state index is -0.167. The van der Waals surface area contributed by atoms with Crippen molar-refractivity contribution in [3.8, 4) is 0 Å². The highest BCUT2D eigenvalue weighted by Crippen LogP contribution is 2.29. The topological polar surface area (TPSA) is 35.5 Å². The molecule has 1 aromatic carbocycles. The average molecular weight is 262 g/mol. The van der Waals surface area contributed by atoms with E-state index in [9.17, 15) is 4.79 Å². The summed E-state index contributed by atoms with van der Waals surface area (Å²) in [5.41, 5.74) is 2.34. The maximum atomic E-state index is 11.9. The van der Waals surface area contributed by atoms with Gasteiger partial charge in [0, 0.05) is 5.92 Å². The first-order valence-corrected chi connectivity index (χ1v) is 6.87. The molecule has 1 unspecified atom stereocenters. The minimum absolute atomic E-state index is 0.149. The molecule has 1 saturated heterocycles. The number of carbonyl (C=O) groups excluding carboxylic acids is 1. The number of hydrogen-bond donors (Lipinski definition) is 0. The Kier molecular flexibility index (Phi) is 4.59. The smallest absolute Gasteiger partial charge is 0.313 e. The summed E-state index contributed by atoms with van der Waals surface area (Å²) in [6.45, 7) is 5.85. The van der Waals surface area contributed by atoms with Gasteiger partial charge in [-0.2, -0.15) is 0 Å². The molecule has 0 amide bonds.